The molecule has 0 aliphatic rings. The molecule has 2 rings (SSSR count). The quantitative estimate of drug-likeness (QED) is 0.793. The maximum absolute atomic E-state index is 13.4. The minimum atomic E-state index is -0.247. The topological polar surface area (TPSA) is 29.9 Å². The van der Waals surface area contributed by atoms with Crippen molar-refractivity contribution in [1.82, 2.24) is 9.78 Å². The summed E-state index contributed by atoms with van der Waals surface area (Å²) in [5.74, 6) is -0.247. The lowest BCUT2D eigenvalue weighted by Crippen LogP contribution is -2.09. The third-order valence-electron chi connectivity index (χ3n) is 3.17. The smallest absolute Gasteiger partial charge is 0.137 e. The average Bonchev–Trinajstić information content (AvgIpc) is 2.68. The van der Waals surface area contributed by atoms with Gasteiger partial charge in [-0.1, -0.05) is 0 Å². The second-order valence-corrected chi connectivity index (χ2v) is 6.24. The highest BCUT2D eigenvalue weighted by molar-refractivity contribution is 9.10. The Labute approximate surface area is 134 Å². The van der Waals surface area contributed by atoms with E-state index >= 15 is 0 Å². The van der Waals surface area contributed by atoms with Gasteiger partial charge in [-0.15, -0.1) is 0 Å². The van der Waals surface area contributed by atoms with Crippen molar-refractivity contribution in [2.24, 2.45) is 0 Å². The largest absolute Gasteiger partial charge is 0.379 e. The van der Waals surface area contributed by atoms with Crippen molar-refractivity contribution in [2.75, 3.05) is 5.32 Å². The highest BCUT2D eigenvalue weighted by atomic mass is 79.9. The number of benzene rings is 1. The fourth-order valence-corrected chi connectivity index (χ4v) is 2.82. The predicted octanol–water partition coefficient (Wildman–Crippen LogP) is 4.80. The molecular formula is C14H16Br2FN3. The molecule has 0 spiro atoms. The number of halogens is 3. The van der Waals surface area contributed by atoms with Crippen LogP contribution in [-0.2, 0) is 13.1 Å². The zero-order valence-electron chi connectivity index (χ0n) is 11.6. The van der Waals surface area contributed by atoms with Gasteiger partial charge in [-0.05, 0) is 70.3 Å². The van der Waals surface area contributed by atoms with Crippen LogP contribution >= 0.6 is 31.9 Å². The number of hydrogen-bond donors (Lipinski definition) is 1. The van der Waals surface area contributed by atoms with Crippen LogP contribution in [0.3, 0.4) is 0 Å². The molecule has 2 aromatic rings. The molecule has 0 unspecified atom stereocenters. The molecule has 0 atom stereocenters. The van der Waals surface area contributed by atoms with Gasteiger partial charge < -0.3 is 5.32 Å². The first-order chi connectivity index (χ1) is 9.43. The summed E-state index contributed by atoms with van der Waals surface area (Å²) in [6, 6.07) is 3.28. The van der Waals surface area contributed by atoms with E-state index in [1.165, 1.54) is 6.07 Å². The number of nitrogens with zero attached hydrogens (tertiary/aromatic N) is 2. The van der Waals surface area contributed by atoms with Crippen LogP contribution in [0.2, 0.25) is 0 Å². The predicted molar refractivity (Wildman–Crippen MR) is 86.5 cm³/mol. The third kappa shape index (κ3) is 3.06. The molecule has 1 aromatic carbocycles. The number of rotatable bonds is 4. The molecule has 6 heteroatoms. The van der Waals surface area contributed by atoms with E-state index < -0.39 is 0 Å². The van der Waals surface area contributed by atoms with E-state index in [0.29, 0.717) is 11.0 Å². The van der Waals surface area contributed by atoms with Crippen molar-refractivity contribution in [1.29, 1.82) is 0 Å². The molecule has 20 heavy (non-hydrogen) atoms. The molecule has 0 aliphatic carbocycles. The van der Waals surface area contributed by atoms with Crippen molar-refractivity contribution in [3.63, 3.8) is 0 Å². The van der Waals surface area contributed by atoms with Crippen molar-refractivity contribution in [3.8, 4) is 0 Å². The lowest BCUT2D eigenvalue weighted by atomic mass is 10.2. The van der Waals surface area contributed by atoms with E-state index in [4.69, 9.17) is 0 Å². The molecule has 3 nitrogen and oxygen atoms in total. The van der Waals surface area contributed by atoms with Crippen LogP contribution in [0.25, 0.3) is 0 Å². The number of aromatic nitrogens is 2. The van der Waals surface area contributed by atoms with Crippen LogP contribution in [0.4, 0.5) is 10.1 Å². The standard InChI is InChI=1S/C14H16Br2FN3/c1-4-20-13(14(16)9(3)19-20)7-18-12-6-10(15)11(17)5-8(12)2/h5-6,18H,4,7H2,1-3H3. The molecule has 1 aromatic heterocycles. The highest BCUT2D eigenvalue weighted by Gasteiger charge is 2.12. The zero-order valence-corrected chi connectivity index (χ0v) is 14.8. The fraction of sp³-hybridized carbons (Fsp3) is 0.357. The molecule has 1 N–H and O–H groups in total. The first-order valence-corrected chi connectivity index (χ1v) is 7.94. The number of aryl methyl sites for hydroxylation is 3. The summed E-state index contributed by atoms with van der Waals surface area (Å²) in [6.45, 7) is 7.36. The number of hydrogen-bond acceptors (Lipinski definition) is 2. The van der Waals surface area contributed by atoms with Gasteiger partial charge in [-0.3, -0.25) is 4.68 Å². The molecule has 0 saturated heterocycles. The molecular weight excluding hydrogens is 389 g/mol. The lowest BCUT2D eigenvalue weighted by molar-refractivity contribution is 0.618. The fourth-order valence-electron chi connectivity index (χ4n) is 2.05. The Bertz CT molecular complexity index is 638. The second kappa shape index (κ2) is 6.26. The minimum absolute atomic E-state index is 0.247. The van der Waals surface area contributed by atoms with Gasteiger partial charge in [0.25, 0.3) is 0 Å². The monoisotopic (exact) mass is 403 g/mol. The van der Waals surface area contributed by atoms with Crippen molar-refractivity contribution < 1.29 is 4.39 Å². The SMILES string of the molecule is CCn1nc(C)c(Br)c1CNc1cc(Br)c(F)cc1C. The van der Waals surface area contributed by atoms with E-state index in [-0.39, 0.29) is 5.82 Å². The van der Waals surface area contributed by atoms with Crippen molar-refractivity contribution in [2.45, 2.75) is 33.9 Å². The van der Waals surface area contributed by atoms with Crippen LogP contribution in [0.15, 0.2) is 21.1 Å². The summed E-state index contributed by atoms with van der Waals surface area (Å²) in [5, 5.41) is 7.79. The summed E-state index contributed by atoms with van der Waals surface area (Å²) in [5.41, 5.74) is 3.85. The Morgan fingerprint density at radius 2 is 2.00 bits per heavy atom. The summed E-state index contributed by atoms with van der Waals surface area (Å²) in [4.78, 5) is 0. The Morgan fingerprint density at radius 1 is 1.30 bits per heavy atom. The van der Waals surface area contributed by atoms with Crippen LogP contribution in [0.5, 0.6) is 0 Å². The van der Waals surface area contributed by atoms with E-state index in [2.05, 4.69) is 49.2 Å². The van der Waals surface area contributed by atoms with Gasteiger partial charge in [0.05, 0.1) is 26.9 Å². The number of anilines is 1. The van der Waals surface area contributed by atoms with Gasteiger partial charge in [0, 0.05) is 12.2 Å². The van der Waals surface area contributed by atoms with Crippen LogP contribution in [0, 0.1) is 19.7 Å². The molecule has 1 heterocycles. The Hall–Kier alpha value is -0.880. The second-order valence-electron chi connectivity index (χ2n) is 4.60. The van der Waals surface area contributed by atoms with Crippen LogP contribution < -0.4 is 5.32 Å². The Balaban J connectivity index is 2.23. The molecule has 0 fully saturated rings. The number of nitrogens with one attached hydrogen (secondary N) is 1. The summed E-state index contributed by atoms with van der Waals surface area (Å²) >= 11 is 6.78. The van der Waals surface area contributed by atoms with Gasteiger partial charge in [-0.2, -0.15) is 5.10 Å². The highest BCUT2D eigenvalue weighted by Crippen LogP contribution is 2.26. The maximum Gasteiger partial charge on any atom is 0.137 e. The van der Waals surface area contributed by atoms with E-state index in [9.17, 15) is 4.39 Å². The molecule has 108 valence electrons. The Kier molecular flexibility index (Phi) is 4.86. The van der Waals surface area contributed by atoms with E-state index in [1.807, 2.05) is 18.5 Å². The minimum Gasteiger partial charge on any atom is -0.379 e. The zero-order chi connectivity index (χ0) is 14.9. The molecule has 0 saturated carbocycles. The molecule has 0 bridgehead atoms. The van der Waals surface area contributed by atoms with E-state index in [1.54, 1.807) is 6.07 Å². The molecule has 0 aliphatic heterocycles. The van der Waals surface area contributed by atoms with Crippen molar-refractivity contribution >= 4 is 37.5 Å². The summed E-state index contributed by atoms with van der Waals surface area (Å²) < 4.78 is 16.9. The lowest BCUT2D eigenvalue weighted by Gasteiger charge is -2.12. The first-order valence-electron chi connectivity index (χ1n) is 6.35. The molecule has 0 amide bonds. The van der Waals surface area contributed by atoms with Crippen molar-refractivity contribution in [3.05, 3.63) is 43.8 Å². The normalized spacial score (nSPS) is 10.9. The van der Waals surface area contributed by atoms with Gasteiger partial charge in [0.15, 0.2) is 0 Å². The summed E-state index contributed by atoms with van der Waals surface area (Å²) in [7, 11) is 0. The van der Waals surface area contributed by atoms with Gasteiger partial charge in [-0.25, -0.2) is 4.39 Å². The first kappa shape index (κ1) is 15.5. The van der Waals surface area contributed by atoms with Gasteiger partial charge in [0.1, 0.15) is 5.82 Å². The maximum atomic E-state index is 13.4. The Morgan fingerprint density at radius 3 is 2.65 bits per heavy atom. The van der Waals surface area contributed by atoms with Gasteiger partial charge >= 0.3 is 0 Å². The van der Waals surface area contributed by atoms with Crippen LogP contribution in [0.1, 0.15) is 23.9 Å². The van der Waals surface area contributed by atoms with E-state index in [0.717, 1.165) is 33.7 Å². The van der Waals surface area contributed by atoms with Gasteiger partial charge in [0.2, 0.25) is 0 Å². The molecule has 0 radical (unpaired) electrons. The average molecular weight is 405 g/mol. The van der Waals surface area contributed by atoms with Crippen LogP contribution in [-0.4, -0.2) is 9.78 Å². The summed E-state index contributed by atoms with van der Waals surface area (Å²) in [6.07, 6.45) is 0. The third-order valence-corrected chi connectivity index (χ3v) is 4.81.